The van der Waals surface area contributed by atoms with E-state index >= 15 is 0 Å². The van der Waals surface area contributed by atoms with E-state index in [1.54, 1.807) is 36.4 Å². The molecule has 0 saturated heterocycles. The number of nitrogens with one attached hydrogen (secondary N) is 1. The van der Waals surface area contributed by atoms with Crippen LogP contribution >= 0.6 is 27.5 Å². The minimum absolute atomic E-state index is 0.250. The Labute approximate surface area is 180 Å². The molecule has 0 radical (unpaired) electrons. The number of para-hydroxylation sites is 2. The third kappa shape index (κ3) is 4.13. The first-order valence-electron chi connectivity index (χ1n) is 8.94. The Kier molecular flexibility index (Phi) is 5.56. The quantitative estimate of drug-likeness (QED) is 0.358. The van der Waals surface area contributed by atoms with Gasteiger partial charge in [0.05, 0.1) is 21.7 Å². The van der Waals surface area contributed by atoms with Crippen molar-refractivity contribution >= 4 is 50.2 Å². The zero-order chi connectivity index (χ0) is 20.4. The van der Waals surface area contributed by atoms with Crippen molar-refractivity contribution in [3.05, 3.63) is 75.7 Å². The predicted octanol–water partition coefficient (Wildman–Crippen LogP) is 6.56. The normalized spacial score (nSPS) is 10.9. The number of amides is 1. The van der Waals surface area contributed by atoms with Crippen molar-refractivity contribution in [3.8, 4) is 17.2 Å². The Balaban J connectivity index is 1.60. The van der Waals surface area contributed by atoms with Crippen molar-refractivity contribution in [2.75, 3.05) is 11.9 Å². The molecule has 4 aromatic rings. The van der Waals surface area contributed by atoms with Crippen molar-refractivity contribution in [2.45, 2.75) is 6.92 Å². The molecule has 0 fully saturated rings. The second-order valence-corrected chi connectivity index (χ2v) is 7.48. The molecule has 0 aliphatic heterocycles. The number of benzene rings is 3. The molecule has 0 spiro atoms. The van der Waals surface area contributed by atoms with Crippen molar-refractivity contribution in [1.29, 1.82) is 0 Å². The average molecular weight is 472 g/mol. The number of nitrogens with zero attached hydrogens (tertiary/aromatic N) is 1. The molecule has 29 heavy (non-hydrogen) atoms. The van der Waals surface area contributed by atoms with Gasteiger partial charge in [0.1, 0.15) is 11.3 Å². The molecule has 1 heterocycles. The predicted molar refractivity (Wildman–Crippen MR) is 118 cm³/mol. The summed E-state index contributed by atoms with van der Waals surface area (Å²) in [5, 5.41) is 3.36. The van der Waals surface area contributed by atoms with E-state index in [0.717, 1.165) is 9.99 Å². The number of carbonyl (C=O) groups excluding carboxylic acids is 1. The van der Waals surface area contributed by atoms with E-state index in [-0.39, 0.29) is 5.91 Å². The first-order chi connectivity index (χ1) is 14.0. The molecule has 0 atom stereocenters. The van der Waals surface area contributed by atoms with E-state index in [9.17, 15) is 4.79 Å². The summed E-state index contributed by atoms with van der Waals surface area (Å²) in [6, 6.07) is 17.8. The Bertz CT molecular complexity index is 1170. The average Bonchev–Trinajstić information content (AvgIpc) is 3.15. The summed E-state index contributed by atoms with van der Waals surface area (Å²) in [4.78, 5) is 17.1. The van der Waals surface area contributed by atoms with Crippen LogP contribution in [-0.4, -0.2) is 17.5 Å². The highest BCUT2D eigenvalue weighted by atomic mass is 79.9. The standard InChI is InChI=1S/C22H16BrClN2O3/c1-2-28-19-10-7-13(11-16(19)23)21(27)25-14-8-9-17(24)15(12-14)22-26-18-5-3-4-6-20(18)29-22/h3-12H,2H2,1H3,(H,25,27). The van der Waals surface area contributed by atoms with Crippen LogP contribution in [0.3, 0.4) is 0 Å². The molecular formula is C22H16BrClN2O3. The van der Waals surface area contributed by atoms with Crippen LogP contribution in [0.1, 0.15) is 17.3 Å². The summed E-state index contributed by atoms with van der Waals surface area (Å²) >= 11 is 9.77. The van der Waals surface area contributed by atoms with Gasteiger partial charge in [-0.25, -0.2) is 4.98 Å². The second kappa shape index (κ2) is 8.27. The van der Waals surface area contributed by atoms with Crippen LogP contribution < -0.4 is 10.1 Å². The number of hydrogen-bond acceptors (Lipinski definition) is 4. The van der Waals surface area contributed by atoms with Gasteiger partial charge in [0.15, 0.2) is 5.58 Å². The molecule has 4 rings (SSSR count). The minimum atomic E-state index is -0.250. The van der Waals surface area contributed by atoms with Gasteiger partial charge in [-0.2, -0.15) is 0 Å². The molecule has 0 bridgehead atoms. The molecule has 1 amide bonds. The number of carbonyl (C=O) groups is 1. The number of ether oxygens (including phenoxy) is 1. The van der Waals surface area contributed by atoms with E-state index in [1.807, 2.05) is 31.2 Å². The minimum Gasteiger partial charge on any atom is -0.493 e. The lowest BCUT2D eigenvalue weighted by Crippen LogP contribution is -2.12. The molecule has 146 valence electrons. The number of aromatic nitrogens is 1. The van der Waals surface area contributed by atoms with Crippen LogP contribution in [0.15, 0.2) is 69.6 Å². The van der Waals surface area contributed by atoms with Crippen LogP contribution in [0.25, 0.3) is 22.6 Å². The Morgan fingerprint density at radius 1 is 1.17 bits per heavy atom. The molecule has 3 aromatic carbocycles. The Morgan fingerprint density at radius 2 is 2.00 bits per heavy atom. The van der Waals surface area contributed by atoms with E-state index in [1.165, 1.54) is 0 Å². The van der Waals surface area contributed by atoms with Crippen LogP contribution in [0, 0.1) is 0 Å². The molecule has 1 N–H and O–H groups in total. The van der Waals surface area contributed by atoms with E-state index in [2.05, 4.69) is 26.2 Å². The van der Waals surface area contributed by atoms with Gasteiger partial charge >= 0.3 is 0 Å². The summed E-state index contributed by atoms with van der Waals surface area (Å²) in [7, 11) is 0. The number of hydrogen-bond donors (Lipinski definition) is 1. The third-order valence-corrected chi connectivity index (χ3v) is 5.19. The summed E-state index contributed by atoms with van der Waals surface area (Å²) in [6.45, 7) is 2.45. The third-order valence-electron chi connectivity index (χ3n) is 4.24. The molecule has 0 aliphatic rings. The van der Waals surface area contributed by atoms with Crippen molar-refractivity contribution in [1.82, 2.24) is 4.98 Å². The maximum atomic E-state index is 12.7. The zero-order valence-electron chi connectivity index (χ0n) is 15.4. The summed E-state index contributed by atoms with van der Waals surface area (Å²) in [5.74, 6) is 0.837. The SMILES string of the molecule is CCOc1ccc(C(=O)Nc2ccc(Cl)c(-c3nc4ccccc4o3)c2)cc1Br. The lowest BCUT2D eigenvalue weighted by Gasteiger charge is -2.10. The fraction of sp³-hybridized carbons (Fsp3) is 0.0909. The molecule has 1 aromatic heterocycles. The number of rotatable bonds is 5. The number of halogens is 2. The molecule has 0 saturated carbocycles. The smallest absolute Gasteiger partial charge is 0.255 e. The van der Waals surface area contributed by atoms with Crippen LogP contribution in [0.4, 0.5) is 5.69 Å². The first kappa shape index (κ1) is 19.5. The van der Waals surface area contributed by atoms with Gasteiger partial charge in [-0.05, 0) is 71.4 Å². The lowest BCUT2D eigenvalue weighted by atomic mass is 10.1. The lowest BCUT2D eigenvalue weighted by molar-refractivity contribution is 0.102. The summed E-state index contributed by atoms with van der Waals surface area (Å²) in [6.07, 6.45) is 0. The number of fused-ring (bicyclic) bond motifs is 1. The van der Waals surface area contributed by atoms with Gasteiger partial charge in [0, 0.05) is 11.3 Å². The highest BCUT2D eigenvalue weighted by Crippen LogP contribution is 2.32. The fourth-order valence-corrected chi connectivity index (χ4v) is 3.56. The van der Waals surface area contributed by atoms with Crippen molar-refractivity contribution in [3.63, 3.8) is 0 Å². The molecule has 7 heteroatoms. The van der Waals surface area contributed by atoms with Gasteiger partial charge in [-0.15, -0.1) is 0 Å². The van der Waals surface area contributed by atoms with Gasteiger partial charge < -0.3 is 14.5 Å². The molecule has 0 unspecified atom stereocenters. The van der Waals surface area contributed by atoms with Crippen LogP contribution in [-0.2, 0) is 0 Å². The topological polar surface area (TPSA) is 64.4 Å². The van der Waals surface area contributed by atoms with Gasteiger partial charge in [-0.1, -0.05) is 23.7 Å². The highest BCUT2D eigenvalue weighted by Gasteiger charge is 2.14. The maximum Gasteiger partial charge on any atom is 0.255 e. The van der Waals surface area contributed by atoms with E-state index in [0.29, 0.717) is 45.7 Å². The fourth-order valence-electron chi connectivity index (χ4n) is 2.87. The number of anilines is 1. The first-order valence-corrected chi connectivity index (χ1v) is 10.1. The van der Waals surface area contributed by atoms with Crippen LogP contribution in [0.2, 0.25) is 5.02 Å². The number of oxazole rings is 1. The summed E-state index contributed by atoms with van der Waals surface area (Å²) in [5.41, 5.74) is 3.10. The van der Waals surface area contributed by atoms with Crippen molar-refractivity contribution < 1.29 is 13.9 Å². The zero-order valence-corrected chi connectivity index (χ0v) is 17.8. The highest BCUT2D eigenvalue weighted by molar-refractivity contribution is 9.10. The van der Waals surface area contributed by atoms with Gasteiger partial charge in [0.25, 0.3) is 5.91 Å². The van der Waals surface area contributed by atoms with E-state index < -0.39 is 0 Å². The monoisotopic (exact) mass is 470 g/mol. The maximum absolute atomic E-state index is 12.7. The Morgan fingerprint density at radius 3 is 2.76 bits per heavy atom. The summed E-state index contributed by atoms with van der Waals surface area (Å²) < 4.78 is 12.0. The Hall–Kier alpha value is -2.83. The van der Waals surface area contributed by atoms with Crippen LogP contribution in [0.5, 0.6) is 5.75 Å². The second-order valence-electron chi connectivity index (χ2n) is 6.21. The molecular weight excluding hydrogens is 456 g/mol. The van der Waals surface area contributed by atoms with Crippen molar-refractivity contribution in [2.24, 2.45) is 0 Å². The van der Waals surface area contributed by atoms with Gasteiger partial charge in [-0.3, -0.25) is 4.79 Å². The van der Waals surface area contributed by atoms with Gasteiger partial charge in [0.2, 0.25) is 5.89 Å². The molecule has 0 aliphatic carbocycles. The largest absolute Gasteiger partial charge is 0.493 e. The van der Waals surface area contributed by atoms with E-state index in [4.69, 9.17) is 20.8 Å². The molecule has 5 nitrogen and oxygen atoms in total.